The van der Waals surface area contributed by atoms with Crippen LogP contribution in [0.1, 0.15) is 34.1 Å². The second-order valence-electron chi connectivity index (χ2n) is 5.53. The Bertz CT molecular complexity index is 269. The van der Waals surface area contributed by atoms with E-state index in [9.17, 15) is 4.79 Å². The van der Waals surface area contributed by atoms with Crippen LogP contribution in [-0.4, -0.2) is 50.0 Å². The Morgan fingerprint density at radius 2 is 2.22 bits per heavy atom. The van der Waals surface area contributed by atoms with E-state index in [4.69, 9.17) is 9.47 Å². The average molecular weight is 258 g/mol. The van der Waals surface area contributed by atoms with Crippen LogP contribution in [-0.2, 0) is 14.3 Å². The molecule has 5 nitrogen and oxygen atoms in total. The highest BCUT2D eigenvalue weighted by Gasteiger charge is 2.20. The molecular formula is C13H26N2O3. The summed E-state index contributed by atoms with van der Waals surface area (Å²) in [5.41, 5.74) is -0.169. The second-order valence-corrected chi connectivity index (χ2v) is 5.53. The largest absolute Gasteiger partial charge is 0.370 e. The predicted octanol–water partition coefficient (Wildman–Crippen LogP) is 0.685. The summed E-state index contributed by atoms with van der Waals surface area (Å²) in [5, 5.41) is 6.20. The number of nitrogens with one attached hydrogen (secondary N) is 2. The number of rotatable bonds is 6. The van der Waals surface area contributed by atoms with Gasteiger partial charge in [0.2, 0.25) is 5.91 Å². The lowest BCUT2D eigenvalue weighted by molar-refractivity contribution is -0.130. The number of morpholine rings is 1. The standard InChI is InChI=1S/C13H26N2O3/c1-5-13(3,4)15-12(16)9-17-8-11-7-14-6-10(2)18-11/h10-11,14H,5-9H2,1-4H3,(H,15,16). The minimum absolute atomic E-state index is 0.0423. The van der Waals surface area contributed by atoms with Crippen molar-refractivity contribution in [2.24, 2.45) is 0 Å². The van der Waals surface area contributed by atoms with Crippen LogP contribution in [0.4, 0.5) is 0 Å². The maximum absolute atomic E-state index is 11.6. The number of ether oxygens (including phenoxy) is 2. The Hall–Kier alpha value is -0.650. The van der Waals surface area contributed by atoms with Crippen molar-refractivity contribution in [3.63, 3.8) is 0 Å². The Balaban J connectivity index is 2.15. The summed E-state index contributed by atoms with van der Waals surface area (Å²) in [5.74, 6) is -0.0707. The van der Waals surface area contributed by atoms with Crippen molar-refractivity contribution in [3.8, 4) is 0 Å². The molecule has 2 atom stereocenters. The molecule has 0 aromatic heterocycles. The van der Waals surface area contributed by atoms with Gasteiger partial charge in [0.15, 0.2) is 0 Å². The number of amides is 1. The van der Waals surface area contributed by atoms with Crippen LogP contribution in [0.25, 0.3) is 0 Å². The van der Waals surface area contributed by atoms with E-state index in [1.165, 1.54) is 0 Å². The first-order valence-electron chi connectivity index (χ1n) is 6.68. The molecule has 2 unspecified atom stereocenters. The molecule has 18 heavy (non-hydrogen) atoms. The van der Waals surface area contributed by atoms with Crippen LogP contribution in [0.2, 0.25) is 0 Å². The molecule has 1 amide bonds. The lowest BCUT2D eigenvalue weighted by atomic mass is 10.0. The van der Waals surface area contributed by atoms with Crippen molar-refractivity contribution >= 4 is 5.91 Å². The quantitative estimate of drug-likeness (QED) is 0.736. The zero-order valence-electron chi connectivity index (χ0n) is 11.9. The first kappa shape index (κ1) is 15.4. The van der Waals surface area contributed by atoms with Crippen LogP contribution in [0.15, 0.2) is 0 Å². The van der Waals surface area contributed by atoms with Gasteiger partial charge in [0.25, 0.3) is 0 Å². The lowest BCUT2D eigenvalue weighted by Gasteiger charge is -2.29. The van der Waals surface area contributed by atoms with Crippen molar-refractivity contribution in [1.29, 1.82) is 0 Å². The van der Waals surface area contributed by atoms with Crippen molar-refractivity contribution in [3.05, 3.63) is 0 Å². The van der Waals surface area contributed by atoms with Crippen LogP contribution in [0.3, 0.4) is 0 Å². The van der Waals surface area contributed by atoms with Crippen LogP contribution in [0, 0.1) is 0 Å². The molecule has 1 saturated heterocycles. The number of carbonyl (C=O) groups is 1. The van der Waals surface area contributed by atoms with Gasteiger partial charge in [-0.1, -0.05) is 6.92 Å². The molecule has 1 fully saturated rings. The zero-order chi connectivity index (χ0) is 13.6. The first-order valence-corrected chi connectivity index (χ1v) is 6.68. The lowest BCUT2D eigenvalue weighted by Crippen LogP contribution is -2.47. The van der Waals surface area contributed by atoms with E-state index in [2.05, 4.69) is 10.6 Å². The van der Waals surface area contributed by atoms with E-state index in [1.54, 1.807) is 0 Å². The molecule has 0 saturated carbocycles. The maximum atomic E-state index is 11.6. The number of hydrogen-bond acceptors (Lipinski definition) is 4. The first-order chi connectivity index (χ1) is 8.43. The SMILES string of the molecule is CCC(C)(C)NC(=O)COCC1CNCC(C)O1. The van der Waals surface area contributed by atoms with Gasteiger partial charge in [0.05, 0.1) is 18.8 Å². The van der Waals surface area contributed by atoms with Crippen LogP contribution >= 0.6 is 0 Å². The highest BCUT2D eigenvalue weighted by atomic mass is 16.5. The molecule has 1 aliphatic heterocycles. The highest BCUT2D eigenvalue weighted by molar-refractivity contribution is 5.77. The van der Waals surface area contributed by atoms with Gasteiger partial charge in [-0.2, -0.15) is 0 Å². The minimum atomic E-state index is -0.169. The molecule has 0 aromatic rings. The van der Waals surface area contributed by atoms with E-state index in [1.807, 2.05) is 27.7 Å². The third-order valence-corrected chi connectivity index (χ3v) is 3.13. The molecule has 5 heteroatoms. The molecule has 0 spiro atoms. The topological polar surface area (TPSA) is 59.6 Å². The summed E-state index contributed by atoms with van der Waals surface area (Å²) in [6.45, 7) is 10.3. The van der Waals surface area contributed by atoms with Crippen LogP contribution < -0.4 is 10.6 Å². The van der Waals surface area contributed by atoms with Crippen molar-refractivity contribution < 1.29 is 14.3 Å². The third kappa shape index (κ3) is 5.80. The fraction of sp³-hybridized carbons (Fsp3) is 0.923. The van der Waals surface area contributed by atoms with Gasteiger partial charge in [-0.25, -0.2) is 0 Å². The zero-order valence-corrected chi connectivity index (χ0v) is 11.9. The van der Waals surface area contributed by atoms with Crippen LogP contribution in [0.5, 0.6) is 0 Å². The predicted molar refractivity (Wildman–Crippen MR) is 70.5 cm³/mol. The number of hydrogen-bond donors (Lipinski definition) is 2. The Labute approximate surface area is 110 Å². The highest BCUT2D eigenvalue weighted by Crippen LogP contribution is 2.07. The third-order valence-electron chi connectivity index (χ3n) is 3.13. The summed E-state index contributed by atoms with van der Waals surface area (Å²) in [4.78, 5) is 11.6. The molecule has 1 aliphatic rings. The van der Waals surface area contributed by atoms with Gasteiger partial charge in [0.1, 0.15) is 6.61 Å². The van der Waals surface area contributed by atoms with E-state index in [-0.39, 0.29) is 30.3 Å². The monoisotopic (exact) mass is 258 g/mol. The van der Waals surface area contributed by atoms with Gasteiger partial charge >= 0.3 is 0 Å². The van der Waals surface area contributed by atoms with E-state index in [0.717, 1.165) is 19.5 Å². The summed E-state index contributed by atoms with van der Waals surface area (Å²) in [7, 11) is 0. The molecule has 0 aliphatic carbocycles. The average Bonchev–Trinajstić information content (AvgIpc) is 2.28. The van der Waals surface area contributed by atoms with E-state index < -0.39 is 0 Å². The summed E-state index contributed by atoms with van der Waals surface area (Å²) < 4.78 is 11.1. The Morgan fingerprint density at radius 1 is 1.50 bits per heavy atom. The van der Waals surface area contributed by atoms with E-state index >= 15 is 0 Å². The Kier molecular flexibility index (Phi) is 6.05. The van der Waals surface area contributed by atoms with Gasteiger partial charge in [-0.3, -0.25) is 4.79 Å². The normalized spacial score (nSPS) is 24.9. The van der Waals surface area contributed by atoms with Crippen molar-refractivity contribution in [2.75, 3.05) is 26.3 Å². The number of carbonyl (C=O) groups excluding carboxylic acids is 1. The molecule has 1 rings (SSSR count). The van der Waals surface area contributed by atoms with Crippen molar-refractivity contribution in [2.45, 2.75) is 51.9 Å². The fourth-order valence-corrected chi connectivity index (χ4v) is 1.76. The van der Waals surface area contributed by atoms with Gasteiger partial charge in [0, 0.05) is 18.6 Å². The maximum Gasteiger partial charge on any atom is 0.246 e. The molecule has 1 heterocycles. The summed E-state index contributed by atoms with van der Waals surface area (Å²) in [6.07, 6.45) is 1.15. The Morgan fingerprint density at radius 3 is 2.83 bits per heavy atom. The molecule has 0 aromatic carbocycles. The summed E-state index contributed by atoms with van der Waals surface area (Å²) >= 11 is 0. The molecule has 2 N–H and O–H groups in total. The smallest absolute Gasteiger partial charge is 0.246 e. The summed E-state index contributed by atoms with van der Waals surface area (Å²) in [6, 6.07) is 0. The second kappa shape index (κ2) is 7.07. The van der Waals surface area contributed by atoms with Gasteiger partial charge < -0.3 is 20.1 Å². The fourth-order valence-electron chi connectivity index (χ4n) is 1.76. The van der Waals surface area contributed by atoms with E-state index in [0.29, 0.717) is 6.61 Å². The minimum Gasteiger partial charge on any atom is -0.370 e. The molecule has 106 valence electrons. The van der Waals surface area contributed by atoms with Crippen molar-refractivity contribution in [1.82, 2.24) is 10.6 Å². The van der Waals surface area contributed by atoms with Gasteiger partial charge in [-0.15, -0.1) is 0 Å². The molecule has 0 radical (unpaired) electrons. The van der Waals surface area contributed by atoms with Gasteiger partial charge in [-0.05, 0) is 27.2 Å². The molecule has 0 bridgehead atoms. The molecular weight excluding hydrogens is 232 g/mol.